The summed E-state index contributed by atoms with van der Waals surface area (Å²) in [5.74, 6) is 1.42. The van der Waals surface area contributed by atoms with E-state index in [0.717, 1.165) is 49.8 Å². The number of ether oxygens (including phenoxy) is 2. The van der Waals surface area contributed by atoms with Crippen LogP contribution in [-0.2, 0) is 16.7 Å². The fourth-order valence-electron chi connectivity index (χ4n) is 4.78. The van der Waals surface area contributed by atoms with Crippen LogP contribution >= 0.6 is 22.7 Å². The number of thiophene rings is 1. The van der Waals surface area contributed by atoms with E-state index >= 15 is 0 Å². The fourth-order valence-corrected chi connectivity index (χ4v) is 9.99. The summed E-state index contributed by atoms with van der Waals surface area (Å²) in [4.78, 5) is 2.37. The van der Waals surface area contributed by atoms with Gasteiger partial charge in [-0.15, -0.1) is 0 Å². The van der Waals surface area contributed by atoms with Crippen molar-refractivity contribution in [3.63, 3.8) is 0 Å². The minimum atomic E-state index is -4.03. The van der Waals surface area contributed by atoms with Gasteiger partial charge >= 0.3 is 244 Å². The summed E-state index contributed by atoms with van der Waals surface area (Å²) in [5.41, 5.74) is 3.50. The van der Waals surface area contributed by atoms with Crippen molar-refractivity contribution in [2.75, 3.05) is 31.4 Å². The molecule has 7 nitrogen and oxygen atoms in total. The van der Waals surface area contributed by atoms with Gasteiger partial charge in [0.2, 0.25) is 0 Å². The summed E-state index contributed by atoms with van der Waals surface area (Å²) in [6.07, 6.45) is 5.71. The molecular weight excluding hydrogens is 619 g/mol. The zero-order chi connectivity index (χ0) is 27.7. The second-order valence-corrected chi connectivity index (χ2v) is 14.8. The number of anilines is 1. The second-order valence-electron chi connectivity index (χ2n) is 9.06. The van der Waals surface area contributed by atoms with Crippen molar-refractivity contribution in [2.45, 2.75) is 33.2 Å². The maximum absolute atomic E-state index is 11.5. The van der Waals surface area contributed by atoms with Crippen LogP contribution < -0.4 is 23.4 Å². The van der Waals surface area contributed by atoms with Crippen LogP contribution in [0.4, 0.5) is 5.69 Å². The van der Waals surface area contributed by atoms with Gasteiger partial charge in [-0.05, 0) is 0 Å². The first-order valence-corrected chi connectivity index (χ1v) is 17.7. The molecule has 0 unspecified atom stereocenters. The summed E-state index contributed by atoms with van der Waals surface area (Å²) >= 11 is 3.52. The summed E-state index contributed by atoms with van der Waals surface area (Å²) in [5, 5.41) is 4.15. The Bertz CT molecular complexity index is 1710. The molecular formula is C28H31N2O5S3Se+. The molecule has 0 fully saturated rings. The van der Waals surface area contributed by atoms with E-state index in [0.29, 0.717) is 13.0 Å². The monoisotopic (exact) mass is 651 g/mol. The number of rotatable bonds is 10. The zero-order valence-electron chi connectivity index (χ0n) is 22.3. The first-order valence-electron chi connectivity index (χ1n) is 12.7. The topological polar surface area (TPSA) is 80.0 Å². The van der Waals surface area contributed by atoms with E-state index in [-0.39, 0.29) is 20.7 Å². The van der Waals surface area contributed by atoms with E-state index in [1.54, 1.807) is 36.9 Å². The molecule has 0 radical (unpaired) electrons. The number of aryl methyl sites for hydroxylation is 1. The van der Waals surface area contributed by atoms with Crippen LogP contribution in [0.25, 0.3) is 26.4 Å². The predicted molar refractivity (Wildman–Crippen MR) is 163 cm³/mol. The average molecular weight is 651 g/mol. The van der Waals surface area contributed by atoms with Gasteiger partial charge in [-0.3, -0.25) is 0 Å². The number of hydrogen-bond donors (Lipinski definition) is 1. The van der Waals surface area contributed by atoms with Gasteiger partial charge in [-0.1, -0.05) is 0 Å². The van der Waals surface area contributed by atoms with Crippen molar-refractivity contribution >= 4 is 84.3 Å². The molecule has 0 amide bonds. The third-order valence-electron chi connectivity index (χ3n) is 6.68. The van der Waals surface area contributed by atoms with Gasteiger partial charge in [-0.25, -0.2) is 0 Å². The van der Waals surface area contributed by atoms with Crippen molar-refractivity contribution in [3.8, 4) is 11.5 Å². The average Bonchev–Trinajstić information content (AvgIpc) is 3.61. The molecule has 206 valence electrons. The second kappa shape index (κ2) is 11.6. The molecule has 0 saturated carbocycles. The first-order chi connectivity index (χ1) is 18.8. The Morgan fingerprint density at radius 1 is 1.18 bits per heavy atom. The molecule has 3 heterocycles. The van der Waals surface area contributed by atoms with Crippen molar-refractivity contribution in [2.24, 2.45) is 0 Å². The Morgan fingerprint density at radius 3 is 2.69 bits per heavy atom. The maximum atomic E-state index is 11.5. The van der Waals surface area contributed by atoms with Crippen LogP contribution in [0.2, 0.25) is 0 Å². The molecule has 1 aliphatic rings. The van der Waals surface area contributed by atoms with E-state index in [4.69, 9.17) is 9.47 Å². The summed E-state index contributed by atoms with van der Waals surface area (Å²) in [6, 6.07) is 10.4. The van der Waals surface area contributed by atoms with Crippen molar-refractivity contribution < 1.29 is 27.0 Å². The van der Waals surface area contributed by atoms with E-state index in [1.807, 2.05) is 6.07 Å². The van der Waals surface area contributed by atoms with Gasteiger partial charge in [0.25, 0.3) is 0 Å². The SMILES string of the molecule is CCC(=Cc1sc2cc(OC)c3ccsc3c2[n+]1CCCS(=O)(=O)O)C=C1[Se]c2ccc(OC)cc2N1CC. The number of nitrogens with zero attached hydrogens (tertiary/aromatic N) is 2. The number of methoxy groups -OCH3 is 2. The van der Waals surface area contributed by atoms with E-state index in [2.05, 4.69) is 65.1 Å². The third kappa shape index (κ3) is 5.75. The molecule has 0 bridgehead atoms. The summed E-state index contributed by atoms with van der Waals surface area (Å²) < 4.78 is 50.5. The first kappa shape index (κ1) is 28.1. The van der Waals surface area contributed by atoms with Crippen LogP contribution in [0.5, 0.6) is 11.5 Å². The molecule has 11 heteroatoms. The number of allylic oxidation sites excluding steroid dienone is 2. The Labute approximate surface area is 243 Å². The van der Waals surface area contributed by atoms with Gasteiger partial charge in [0.05, 0.1) is 0 Å². The van der Waals surface area contributed by atoms with Crippen molar-refractivity contribution in [3.05, 3.63) is 57.0 Å². The molecule has 0 aliphatic carbocycles. The Morgan fingerprint density at radius 2 is 2.00 bits per heavy atom. The van der Waals surface area contributed by atoms with Gasteiger partial charge in [-0.2, -0.15) is 0 Å². The van der Waals surface area contributed by atoms with E-state index < -0.39 is 10.1 Å². The van der Waals surface area contributed by atoms with Gasteiger partial charge in [0.15, 0.2) is 0 Å². The molecule has 1 N–H and O–H groups in total. The molecule has 0 atom stereocenters. The molecule has 1 aliphatic heterocycles. The molecule has 39 heavy (non-hydrogen) atoms. The number of fused-ring (bicyclic) bond motifs is 4. The molecule has 2 aromatic heterocycles. The van der Waals surface area contributed by atoms with Crippen molar-refractivity contribution in [1.82, 2.24) is 0 Å². The molecule has 5 rings (SSSR count). The zero-order valence-corrected chi connectivity index (χ0v) is 26.4. The van der Waals surface area contributed by atoms with Crippen molar-refractivity contribution in [1.29, 1.82) is 0 Å². The summed E-state index contributed by atoms with van der Waals surface area (Å²) in [6.45, 7) is 5.69. The number of benzene rings is 2. The van der Waals surface area contributed by atoms with E-state index in [1.165, 1.54) is 20.3 Å². The van der Waals surface area contributed by atoms with Crippen LogP contribution in [0.1, 0.15) is 31.7 Å². The Balaban J connectivity index is 1.60. The summed E-state index contributed by atoms with van der Waals surface area (Å²) in [7, 11) is -0.652. The number of thiazole rings is 1. The van der Waals surface area contributed by atoms with Crippen LogP contribution in [0.15, 0.2) is 52.0 Å². The van der Waals surface area contributed by atoms with Crippen LogP contribution in [0, 0.1) is 0 Å². The Hall–Kier alpha value is -2.40. The quantitative estimate of drug-likeness (QED) is 0.144. The van der Waals surface area contributed by atoms with Crippen LogP contribution in [0.3, 0.4) is 0 Å². The molecule has 0 saturated heterocycles. The van der Waals surface area contributed by atoms with Gasteiger partial charge in [0, 0.05) is 0 Å². The molecule has 2 aromatic carbocycles. The number of aromatic nitrogens is 1. The number of hydrogen-bond acceptors (Lipinski definition) is 7. The normalized spacial score (nSPS) is 15.1. The van der Waals surface area contributed by atoms with E-state index in [9.17, 15) is 13.0 Å². The Kier molecular flexibility index (Phi) is 8.37. The predicted octanol–water partition coefficient (Wildman–Crippen LogP) is 5.20. The fraction of sp³-hybridized carbons (Fsp3) is 0.321. The standard InChI is InChI=1S/C28H30N2O5S3Se/c1-5-18(15-26-29(6-2)21-16-19(34-3)8-9-24(21)39-26)14-25-30(11-7-13-38(31,32)33)27-23(37-25)17-22(35-4)20-10-12-36-28(20)27/h8-10,12,14-17H,5-7,11,13H2,1-4H3/p+1. The molecule has 0 spiro atoms. The van der Waals surface area contributed by atoms with Gasteiger partial charge in [0.1, 0.15) is 0 Å². The van der Waals surface area contributed by atoms with Crippen LogP contribution in [-0.4, -0.2) is 54.4 Å². The van der Waals surface area contributed by atoms with Gasteiger partial charge < -0.3 is 0 Å². The third-order valence-corrected chi connectivity index (χ3v) is 11.8. The molecule has 4 aromatic rings. The minimum absolute atomic E-state index is 0.188.